The lowest BCUT2D eigenvalue weighted by molar-refractivity contribution is 0.414. The normalized spacial score (nSPS) is 10.6. The molecule has 1 N–H and O–H groups in total. The van der Waals surface area contributed by atoms with Gasteiger partial charge in [-0.1, -0.05) is 28.1 Å². The van der Waals surface area contributed by atoms with Crippen molar-refractivity contribution in [2.24, 2.45) is 0 Å². The lowest BCUT2D eigenvalue weighted by atomic mass is 10.2. The molecular formula is C15H12BrN3O2. The van der Waals surface area contributed by atoms with Gasteiger partial charge < -0.3 is 4.74 Å². The van der Waals surface area contributed by atoms with E-state index in [2.05, 4.69) is 26.0 Å². The minimum absolute atomic E-state index is 0.385. The summed E-state index contributed by atoms with van der Waals surface area (Å²) in [7, 11) is 1.61. The number of aromatic nitrogens is 3. The highest BCUT2D eigenvalue weighted by molar-refractivity contribution is 9.10. The summed E-state index contributed by atoms with van der Waals surface area (Å²) < 4.78 is 7.77. The molecule has 1 aromatic heterocycles. The molecule has 1 heterocycles. The zero-order chi connectivity index (χ0) is 14.8. The van der Waals surface area contributed by atoms with E-state index >= 15 is 0 Å². The summed E-state index contributed by atoms with van der Waals surface area (Å²) in [4.78, 5) is 15.7. The van der Waals surface area contributed by atoms with Crippen molar-refractivity contribution in [2.45, 2.75) is 0 Å². The second-order valence-electron chi connectivity index (χ2n) is 4.39. The third-order valence-corrected chi connectivity index (χ3v) is 3.59. The number of aromatic amines is 1. The van der Waals surface area contributed by atoms with Gasteiger partial charge in [-0.15, -0.1) is 0 Å². The number of methoxy groups -OCH3 is 1. The largest absolute Gasteiger partial charge is 0.497 e. The SMILES string of the molecule is COc1ccc(-n2[nH]c(=O)nc2-c2ccc(Br)cc2)cc1. The van der Waals surface area contributed by atoms with Crippen molar-refractivity contribution in [2.75, 3.05) is 7.11 Å². The molecule has 2 aromatic carbocycles. The van der Waals surface area contributed by atoms with Gasteiger partial charge in [-0.2, -0.15) is 4.98 Å². The van der Waals surface area contributed by atoms with Gasteiger partial charge in [0, 0.05) is 10.0 Å². The maximum atomic E-state index is 11.6. The van der Waals surface area contributed by atoms with Gasteiger partial charge in [-0.05, 0) is 36.4 Å². The Labute approximate surface area is 129 Å². The van der Waals surface area contributed by atoms with Crippen molar-refractivity contribution < 1.29 is 4.74 Å². The number of H-pyrrole nitrogens is 1. The molecule has 6 heteroatoms. The molecule has 0 bridgehead atoms. The Kier molecular flexibility index (Phi) is 3.62. The molecule has 3 aromatic rings. The number of nitrogens with one attached hydrogen (secondary N) is 1. The molecule has 0 aliphatic carbocycles. The van der Waals surface area contributed by atoms with Crippen molar-refractivity contribution in [3.8, 4) is 22.8 Å². The van der Waals surface area contributed by atoms with Crippen LogP contribution in [0.25, 0.3) is 17.1 Å². The highest BCUT2D eigenvalue weighted by Crippen LogP contribution is 2.22. The molecule has 21 heavy (non-hydrogen) atoms. The van der Waals surface area contributed by atoms with Crippen molar-refractivity contribution in [3.05, 3.63) is 63.5 Å². The number of benzene rings is 2. The van der Waals surface area contributed by atoms with Crippen molar-refractivity contribution in [1.82, 2.24) is 14.8 Å². The average Bonchev–Trinajstić information content (AvgIpc) is 2.90. The Morgan fingerprint density at radius 3 is 2.38 bits per heavy atom. The summed E-state index contributed by atoms with van der Waals surface area (Å²) in [6.45, 7) is 0. The predicted molar refractivity (Wildman–Crippen MR) is 83.9 cm³/mol. The van der Waals surface area contributed by atoms with E-state index in [0.29, 0.717) is 5.82 Å². The molecule has 0 unspecified atom stereocenters. The zero-order valence-electron chi connectivity index (χ0n) is 11.2. The summed E-state index contributed by atoms with van der Waals surface area (Å²) >= 11 is 3.39. The maximum absolute atomic E-state index is 11.6. The summed E-state index contributed by atoms with van der Waals surface area (Å²) in [5.41, 5.74) is 1.28. The fourth-order valence-electron chi connectivity index (χ4n) is 2.03. The molecule has 0 atom stereocenters. The van der Waals surface area contributed by atoms with Gasteiger partial charge in [0.05, 0.1) is 12.8 Å². The lowest BCUT2D eigenvalue weighted by Gasteiger charge is -2.08. The highest BCUT2D eigenvalue weighted by Gasteiger charge is 2.10. The monoisotopic (exact) mass is 345 g/mol. The van der Waals surface area contributed by atoms with Crippen LogP contribution in [0.2, 0.25) is 0 Å². The topological polar surface area (TPSA) is 59.9 Å². The van der Waals surface area contributed by atoms with Gasteiger partial charge in [0.1, 0.15) is 5.75 Å². The second-order valence-corrected chi connectivity index (χ2v) is 5.31. The van der Waals surface area contributed by atoms with Crippen LogP contribution in [0.1, 0.15) is 0 Å². The zero-order valence-corrected chi connectivity index (χ0v) is 12.8. The van der Waals surface area contributed by atoms with Crippen molar-refractivity contribution in [1.29, 1.82) is 0 Å². The second kappa shape index (κ2) is 5.57. The van der Waals surface area contributed by atoms with E-state index in [0.717, 1.165) is 21.5 Å². The average molecular weight is 346 g/mol. The summed E-state index contributed by atoms with van der Waals surface area (Å²) in [6, 6.07) is 15.0. The quantitative estimate of drug-likeness (QED) is 0.793. The van der Waals surface area contributed by atoms with Crippen molar-refractivity contribution >= 4 is 15.9 Å². The Morgan fingerprint density at radius 2 is 1.76 bits per heavy atom. The van der Waals surface area contributed by atoms with Crippen LogP contribution in [0.3, 0.4) is 0 Å². The van der Waals surface area contributed by atoms with Crippen LogP contribution in [0.15, 0.2) is 57.8 Å². The molecule has 5 nitrogen and oxygen atoms in total. The molecule has 0 amide bonds. The van der Waals surface area contributed by atoms with E-state index in [9.17, 15) is 4.79 Å². The number of nitrogens with zero attached hydrogens (tertiary/aromatic N) is 2. The standard InChI is InChI=1S/C15H12BrN3O2/c1-21-13-8-6-12(7-9-13)19-14(17-15(20)18-19)10-2-4-11(16)5-3-10/h2-9H,1H3,(H,18,20). The van der Waals surface area contributed by atoms with Crippen molar-refractivity contribution in [3.63, 3.8) is 0 Å². The van der Waals surface area contributed by atoms with Crippen LogP contribution in [0.5, 0.6) is 5.75 Å². The van der Waals surface area contributed by atoms with Gasteiger partial charge in [0.15, 0.2) is 5.82 Å². The van der Waals surface area contributed by atoms with Crippen LogP contribution in [-0.4, -0.2) is 21.9 Å². The van der Waals surface area contributed by atoms with Crippen LogP contribution >= 0.6 is 15.9 Å². The molecular weight excluding hydrogens is 334 g/mol. The first-order valence-electron chi connectivity index (χ1n) is 6.27. The van der Waals surface area contributed by atoms with Gasteiger partial charge in [0.2, 0.25) is 0 Å². The molecule has 0 radical (unpaired) electrons. The van der Waals surface area contributed by atoms with Gasteiger partial charge in [-0.3, -0.25) is 0 Å². The highest BCUT2D eigenvalue weighted by atomic mass is 79.9. The Hall–Kier alpha value is -2.34. The molecule has 106 valence electrons. The van der Waals surface area contributed by atoms with Crippen LogP contribution < -0.4 is 10.4 Å². The minimum Gasteiger partial charge on any atom is -0.497 e. The van der Waals surface area contributed by atoms with Gasteiger partial charge >= 0.3 is 5.69 Å². The molecule has 0 aliphatic heterocycles. The Morgan fingerprint density at radius 1 is 1.10 bits per heavy atom. The van der Waals surface area contributed by atoms with E-state index in [4.69, 9.17) is 4.74 Å². The van der Waals surface area contributed by atoms with Crippen LogP contribution in [0.4, 0.5) is 0 Å². The van der Waals surface area contributed by atoms with Gasteiger partial charge in [0.25, 0.3) is 0 Å². The number of ether oxygens (including phenoxy) is 1. The molecule has 3 rings (SSSR count). The van der Waals surface area contributed by atoms with E-state index in [-0.39, 0.29) is 5.69 Å². The first kappa shape index (κ1) is 13.6. The summed E-state index contributed by atoms with van der Waals surface area (Å²) in [6.07, 6.45) is 0. The maximum Gasteiger partial charge on any atom is 0.362 e. The lowest BCUT2D eigenvalue weighted by Crippen LogP contribution is -2.05. The Balaban J connectivity index is 2.10. The number of rotatable bonds is 3. The summed E-state index contributed by atoms with van der Waals surface area (Å²) in [5, 5.41) is 2.71. The molecule has 0 aliphatic rings. The third-order valence-electron chi connectivity index (χ3n) is 3.06. The van der Waals surface area contributed by atoms with Crippen LogP contribution in [0, 0.1) is 0 Å². The predicted octanol–water partition coefficient (Wildman–Crippen LogP) is 3.00. The van der Waals surface area contributed by atoms with E-state index in [1.807, 2.05) is 48.5 Å². The van der Waals surface area contributed by atoms with E-state index in [1.54, 1.807) is 11.8 Å². The van der Waals surface area contributed by atoms with Gasteiger partial charge in [-0.25, -0.2) is 14.6 Å². The number of hydrogen-bond acceptors (Lipinski definition) is 3. The first-order chi connectivity index (χ1) is 10.2. The number of hydrogen-bond donors (Lipinski definition) is 1. The fraction of sp³-hybridized carbons (Fsp3) is 0.0667. The minimum atomic E-state index is -0.385. The molecule has 0 saturated heterocycles. The fourth-order valence-corrected chi connectivity index (χ4v) is 2.29. The summed E-state index contributed by atoms with van der Waals surface area (Å²) in [5.74, 6) is 1.32. The van der Waals surface area contributed by atoms with Crippen LogP contribution in [-0.2, 0) is 0 Å². The van der Waals surface area contributed by atoms with E-state index in [1.165, 1.54) is 0 Å². The first-order valence-corrected chi connectivity index (χ1v) is 7.06. The third kappa shape index (κ3) is 2.75. The smallest absolute Gasteiger partial charge is 0.362 e. The molecule has 0 saturated carbocycles. The molecule has 0 fully saturated rings. The molecule has 0 spiro atoms. The Bertz CT molecular complexity index is 804. The van der Waals surface area contributed by atoms with E-state index < -0.39 is 0 Å². The number of halogens is 1.